The molecule has 92 valence electrons. The molecule has 4 heteroatoms. The van der Waals surface area contributed by atoms with E-state index >= 15 is 0 Å². The maximum absolute atomic E-state index is 13.0. The molecule has 0 unspecified atom stereocenters. The molecule has 1 atom stereocenters. The molecule has 1 aromatic carbocycles. The van der Waals surface area contributed by atoms with E-state index in [2.05, 4.69) is 17.6 Å². The van der Waals surface area contributed by atoms with Gasteiger partial charge in [-0.25, -0.2) is 4.39 Å². The van der Waals surface area contributed by atoms with E-state index in [1.54, 1.807) is 6.07 Å². The van der Waals surface area contributed by atoms with Crippen molar-refractivity contribution in [3.05, 3.63) is 29.6 Å². The SMILES string of the molecule is CCCCNC(=O)[C@H]1Cc2cc(F)ccc2N1. The fourth-order valence-electron chi connectivity index (χ4n) is 2.00. The molecule has 0 spiro atoms. The molecule has 2 rings (SSSR count). The van der Waals surface area contributed by atoms with Crippen LogP contribution in [0.4, 0.5) is 10.1 Å². The van der Waals surface area contributed by atoms with Crippen LogP contribution in [0.1, 0.15) is 25.3 Å². The highest BCUT2D eigenvalue weighted by atomic mass is 19.1. The molecule has 0 saturated carbocycles. The van der Waals surface area contributed by atoms with Crippen LogP contribution in [0.25, 0.3) is 0 Å². The monoisotopic (exact) mass is 236 g/mol. The minimum atomic E-state index is -0.261. The summed E-state index contributed by atoms with van der Waals surface area (Å²) in [5.74, 6) is -0.257. The van der Waals surface area contributed by atoms with Crippen molar-refractivity contribution in [2.75, 3.05) is 11.9 Å². The average molecular weight is 236 g/mol. The maximum Gasteiger partial charge on any atom is 0.242 e. The lowest BCUT2D eigenvalue weighted by atomic mass is 10.1. The molecule has 0 radical (unpaired) electrons. The summed E-state index contributed by atoms with van der Waals surface area (Å²) in [5.41, 5.74) is 1.74. The normalized spacial score (nSPS) is 17.4. The van der Waals surface area contributed by atoms with E-state index in [1.165, 1.54) is 12.1 Å². The van der Waals surface area contributed by atoms with Gasteiger partial charge in [0.05, 0.1) is 0 Å². The van der Waals surface area contributed by atoms with E-state index in [1.807, 2.05) is 0 Å². The number of amides is 1. The van der Waals surface area contributed by atoms with Gasteiger partial charge in [-0.2, -0.15) is 0 Å². The summed E-state index contributed by atoms with van der Waals surface area (Å²) >= 11 is 0. The van der Waals surface area contributed by atoms with Crippen LogP contribution in [0.15, 0.2) is 18.2 Å². The van der Waals surface area contributed by atoms with Crippen LogP contribution in [0.2, 0.25) is 0 Å². The van der Waals surface area contributed by atoms with Crippen LogP contribution in [-0.2, 0) is 11.2 Å². The van der Waals surface area contributed by atoms with Gasteiger partial charge in [0.25, 0.3) is 0 Å². The molecule has 1 aromatic rings. The van der Waals surface area contributed by atoms with Gasteiger partial charge >= 0.3 is 0 Å². The van der Waals surface area contributed by atoms with Gasteiger partial charge in [0.15, 0.2) is 0 Å². The summed E-state index contributed by atoms with van der Waals surface area (Å²) in [6, 6.07) is 4.32. The Kier molecular flexibility index (Phi) is 3.61. The van der Waals surface area contributed by atoms with Gasteiger partial charge in [-0.3, -0.25) is 4.79 Å². The number of rotatable bonds is 4. The molecule has 1 aliphatic rings. The number of unbranched alkanes of at least 4 members (excludes halogenated alkanes) is 1. The van der Waals surface area contributed by atoms with Crippen LogP contribution in [0.5, 0.6) is 0 Å². The van der Waals surface area contributed by atoms with Crippen LogP contribution in [0.3, 0.4) is 0 Å². The first kappa shape index (κ1) is 11.9. The summed E-state index contributed by atoms with van der Waals surface area (Å²) in [6.45, 7) is 2.79. The Morgan fingerprint density at radius 3 is 3.18 bits per heavy atom. The largest absolute Gasteiger partial charge is 0.373 e. The van der Waals surface area contributed by atoms with Crippen molar-refractivity contribution in [2.24, 2.45) is 0 Å². The summed E-state index contributed by atoms with van der Waals surface area (Å²) < 4.78 is 13.0. The summed E-state index contributed by atoms with van der Waals surface area (Å²) in [5, 5.41) is 5.99. The number of carbonyl (C=O) groups excluding carboxylic acids is 1. The Morgan fingerprint density at radius 2 is 2.41 bits per heavy atom. The van der Waals surface area contributed by atoms with Crippen molar-refractivity contribution < 1.29 is 9.18 Å². The summed E-state index contributed by atoms with van der Waals surface area (Å²) in [7, 11) is 0. The number of anilines is 1. The predicted octanol–water partition coefficient (Wildman–Crippen LogP) is 2.08. The zero-order valence-corrected chi connectivity index (χ0v) is 9.92. The van der Waals surface area contributed by atoms with Crippen molar-refractivity contribution >= 4 is 11.6 Å². The Hall–Kier alpha value is -1.58. The molecule has 1 heterocycles. The van der Waals surface area contributed by atoms with E-state index in [-0.39, 0.29) is 17.8 Å². The topological polar surface area (TPSA) is 41.1 Å². The molecular formula is C13H17FN2O. The van der Waals surface area contributed by atoms with Crippen LogP contribution in [0, 0.1) is 5.82 Å². The Balaban J connectivity index is 1.93. The molecule has 3 nitrogen and oxygen atoms in total. The summed E-state index contributed by atoms with van der Waals surface area (Å²) in [4.78, 5) is 11.8. The molecule has 0 bridgehead atoms. The maximum atomic E-state index is 13.0. The lowest BCUT2D eigenvalue weighted by molar-refractivity contribution is -0.121. The predicted molar refractivity (Wildman–Crippen MR) is 65.4 cm³/mol. The number of fused-ring (bicyclic) bond motifs is 1. The van der Waals surface area contributed by atoms with Crippen LogP contribution in [-0.4, -0.2) is 18.5 Å². The third-order valence-corrected chi connectivity index (χ3v) is 2.97. The second kappa shape index (κ2) is 5.17. The van der Waals surface area contributed by atoms with Crippen LogP contribution < -0.4 is 10.6 Å². The Labute approximate surface area is 100 Å². The third-order valence-electron chi connectivity index (χ3n) is 2.97. The van der Waals surface area contributed by atoms with Crippen molar-refractivity contribution in [3.8, 4) is 0 Å². The molecule has 2 N–H and O–H groups in total. The first-order valence-corrected chi connectivity index (χ1v) is 6.03. The van der Waals surface area contributed by atoms with E-state index in [9.17, 15) is 9.18 Å². The van der Waals surface area contributed by atoms with Gasteiger partial charge in [-0.15, -0.1) is 0 Å². The molecular weight excluding hydrogens is 219 g/mol. The minimum absolute atomic E-state index is 0.00458. The molecule has 1 aliphatic heterocycles. The fourth-order valence-corrected chi connectivity index (χ4v) is 2.00. The number of hydrogen-bond acceptors (Lipinski definition) is 2. The lowest BCUT2D eigenvalue weighted by Crippen LogP contribution is -2.38. The van der Waals surface area contributed by atoms with Crippen molar-refractivity contribution in [1.82, 2.24) is 5.32 Å². The minimum Gasteiger partial charge on any atom is -0.373 e. The van der Waals surface area contributed by atoms with Gasteiger partial charge in [-0.05, 0) is 30.2 Å². The number of carbonyl (C=O) groups is 1. The standard InChI is InChI=1S/C13H17FN2O/c1-2-3-6-15-13(17)12-8-9-7-10(14)4-5-11(9)16-12/h4-5,7,12,16H,2-3,6,8H2,1H3,(H,15,17)/t12-/m1/s1. The zero-order valence-electron chi connectivity index (χ0n) is 9.92. The average Bonchev–Trinajstić information content (AvgIpc) is 2.72. The lowest BCUT2D eigenvalue weighted by Gasteiger charge is -2.11. The van der Waals surface area contributed by atoms with Gasteiger partial charge in [0.1, 0.15) is 11.9 Å². The smallest absolute Gasteiger partial charge is 0.242 e. The highest BCUT2D eigenvalue weighted by molar-refractivity contribution is 5.87. The Bertz CT molecular complexity index is 420. The van der Waals surface area contributed by atoms with Gasteiger partial charge < -0.3 is 10.6 Å². The second-order valence-electron chi connectivity index (χ2n) is 4.35. The van der Waals surface area contributed by atoms with E-state index < -0.39 is 0 Å². The fraction of sp³-hybridized carbons (Fsp3) is 0.462. The highest BCUT2D eigenvalue weighted by Crippen LogP contribution is 2.26. The molecule has 1 amide bonds. The molecule has 0 aliphatic carbocycles. The highest BCUT2D eigenvalue weighted by Gasteiger charge is 2.26. The van der Waals surface area contributed by atoms with Crippen molar-refractivity contribution in [2.45, 2.75) is 32.2 Å². The number of hydrogen-bond donors (Lipinski definition) is 2. The molecule has 0 aromatic heterocycles. The number of benzene rings is 1. The van der Waals surface area contributed by atoms with E-state index in [0.29, 0.717) is 13.0 Å². The number of halogens is 1. The quantitative estimate of drug-likeness (QED) is 0.786. The van der Waals surface area contributed by atoms with Crippen LogP contribution >= 0.6 is 0 Å². The van der Waals surface area contributed by atoms with Gasteiger partial charge in [0.2, 0.25) is 5.91 Å². The van der Waals surface area contributed by atoms with Gasteiger partial charge in [-0.1, -0.05) is 13.3 Å². The van der Waals surface area contributed by atoms with Crippen molar-refractivity contribution in [1.29, 1.82) is 0 Å². The van der Waals surface area contributed by atoms with E-state index in [4.69, 9.17) is 0 Å². The number of nitrogens with one attached hydrogen (secondary N) is 2. The Morgan fingerprint density at radius 1 is 1.59 bits per heavy atom. The van der Waals surface area contributed by atoms with E-state index in [0.717, 1.165) is 24.1 Å². The van der Waals surface area contributed by atoms with Gasteiger partial charge in [0, 0.05) is 18.7 Å². The first-order chi connectivity index (χ1) is 8.20. The third kappa shape index (κ3) is 2.75. The second-order valence-corrected chi connectivity index (χ2v) is 4.35. The zero-order chi connectivity index (χ0) is 12.3. The molecule has 0 fully saturated rings. The van der Waals surface area contributed by atoms with Crippen molar-refractivity contribution in [3.63, 3.8) is 0 Å². The first-order valence-electron chi connectivity index (χ1n) is 6.03. The molecule has 17 heavy (non-hydrogen) atoms. The summed E-state index contributed by atoms with van der Waals surface area (Å²) in [6.07, 6.45) is 2.61. The molecule has 0 saturated heterocycles.